The number of rotatable bonds is 4. The summed E-state index contributed by atoms with van der Waals surface area (Å²) in [5, 5.41) is 9.35. The van der Waals surface area contributed by atoms with Crippen molar-refractivity contribution in [3.05, 3.63) is 0 Å². The summed E-state index contributed by atoms with van der Waals surface area (Å²) < 4.78 is 0. The minimum atomic E-state index is -0.700. The van der Waals surface area contributed by atoms with Gasteiger partial charge in [-0.1, -0.05) is 27.7 Å². The van der Waals surface area contributed by atoms with Gasteiger partial charge in [0.2, 0.25) is 0 Å². The van der Waals surface area contributed by atoms with Crippen molar-refractivity contribution in [2.24, 2.45) is 52.3 Å². The lowest BCUT2D eigenvalue weighted by molar-refractivity contribution is -0.159. The van der Waals surface area contributed by atoms with Crippen molar-refractivity contribution in [3.8, 4) is 0 Å². The molecule has 1 N–H and O–H groups in total. The summed E-state index contributed by atoms with van der Waals surface area (Å²) in [7, 11) is 0. The second kappa shape index (κ2) is 7.20. The third kappa shape index (κ3) is 3.20. The Morgan fingerprint density at radius 2 is 1.72 bits per heavy atom. The Balaban J connectivity index is 1.57. The standard InChI is InChI=1S/C25H38O4/c1-14(11-15(2)23(28)29)18-5-6-19-22-20(8-10-25(18,19)4)24(3)9-7-17(26)12-16(24)13-21(22)27/h14-16,18-20,22H,5-13H2,1-4H3,(H,28,29)/t14-,15+,16+,18-,19+,20+,22+,24+,25-/m1/s1. The summed E-state index contributed by atoms with van der Waals surface area (Å²) in [5.74, 6) is 1.96. The summed E-state index contributed by atoms with van der Waals surface area (Å²) in [5.41, 5.74) is 0.303. The van der Waals surface area contributed by atoms with E-state index in [0.29, 0.717) is 54.5 Å². The van der Waals surface area contributed by atoms with Crippen molar-refractivity contribution < 1.29 is 19.5 Å². The van der Waals surface area contributed by atoms with Gasteiger partial charge in [0.05, 0.1) is 5.92 Å². The predicted molar refractivity (Wildman–Crippen MR) is 111 cm³/mol. The van der Waals surface area contributed by atoms with E-state index in [1.807, 2.05) is 6.92 Å². The molecule has 0 aromatic rings. The first-order chi connectivity index (χ1) is 13.6. The van der Waals surface area contributed by atoms with Gasteiger partial charge in [-0.05, 0) is 78.9 Å². The number of carboxylic acids is 1. The highest BCUT2D eigenvalue weighted by molar-refractivity contribution is 5.86. The zero-order chi connectivity index (χ0) is 21.1. The molecular weight excluding hydrogens is 364 g/mol. The highest BCUT2D eigenvalue weighted by Gasteiger charge is 2.63. The first-order valence-electron chi connectivity index (χ1n) is 11.8. The molecule has 9 atom stereocenters. The molecule has 162 valence electrons. The normalized spacial score (nSPS) is 46.4. The zero-order valence-corrected chi connectivity index (χ0v) is 18.6. The second-order valence-corrected chi connectivity index (χ2v) is 11.5. The summed E-state index contributed by atoms with van der Waals surface area (Å²) in [6.07, 6.45) is 8.09. The molecule has 29 heavy (non-hydrogen) atoms. The van der Waals surface area contributed by atoms with Crippen molar-refractivity contribution in [1.82, 2.24) is 0 Å². The van der Waals surface area contributed by atoms with Gasteiger partial charge < -0.3 is 5.11 Å². The molecular formula is C25H38O4. The molecule has 4 aliphatic rings. The van der Waals surface area contributed by atoms with Crippen LogP contribution in [-0.4, -0.2) is 22.6 Å². The van der Waals surface area contributed by atoms with Crippen molar-refractivity contribution in [3.63, 3.8) is 0 Å². The number of Topliss-reactive ketones (excluding diaryl/α,β-unsaturated/α-hetero) is 2. The molecule has 0 heterocycles. The van der Waals surface area contributed by atoms with Gasteiger partial charge in [0, 0.05) is 25.2 Å². The SMILES string of the molecule is C[C@H](C[C@H](C)C(=O)O)[C@H]1CC[C@H]2[C@@H]3C(=O)C[C@@H]4CC(=O)CC[C@]4(C)[C@H]3CC[C@]12C. The highest BCUT2D eigenvalue weighted by Crippen LogP contribution is 2.67. The Hall–Kier alpha value is -1.19. The van der Waals surface area contributed by atoms with Gasteiger partial charge in [-0.2, -0.15) is 0 Å². The molecule has 4 aliphatic carbocycles. The molecule has 0 amide bonds. The van der Waals surface area contributed by atoms with Crippen molar-refractivity contribution >= 4 is 17.5 Å². The van der Waals surface area contributed by atoms with E-state index in [4.69, 9.17) is 0 Å². The van der Waals surface area contributed by atoms with Gasteiger partial charge in [0.15, 0.2) is 0 Å². The van der Waals surface area contributed by atoms with Gasteiger partial charge in [-0.25, -0.2) is 0 Å². The molecule has 4 heteroatoms. The van der Waals surface area contributed by atoms with Crippen LogP contribution >= 0.6 is 0 Å². The molecule has 4 nitrogen and oxygen atoms in total. The average Bonchev–Trinajstić information content (AvgIpc) is 3.00. The number of aliphatic carboxylic acids is 1. The van der Waals surface area contributed by atoms with E-state index in [-0.39, 0.29) is 28.6 Å². The van der Waals surface area contributed by atoms with E-state index in [1.165, 1.54) is 0 Å². The summed E-state index contributed by atoms with van der Waals surface area (Å²) in [4.78, 5) is 36.8. The number of carboxylic acid groups (broad SMARTS) is 1. The maximum atomic E-state index is 13.4. The Kier molecular flexibility index (Phi) is 5.23. The minimum Gasteiger partial charge on any atom is -0.481 e. The molecule has 0 aliphatic heterocycles. The second-order valence-electron chi connectivity index (χ2n) is 11.5. The van der Waals surface area contributed by atoms with Crippen LogP contribution in [0.4, 0.5) is 0 Å². The quantitative estimate of drug-likeness (QED) is 0.707. The Morgan fingerprint density at radius 1 is 1.03 bits per heavy atom. The number of hydrogen-bond donors (Lipinski definition) is 1. The van der Waals surface area contributed by atoms with E-state index >= 15 is 0 Å². The van der Waals surface area contributed by atoms with Crippen molar-refractivity contribution in [2.75, 3.05) is 0 Å². The Labute approximate surface area is 175 Å². The fraction of sp³-hybridized carbons (Fsp3) is 0.880. The smallest absolute Gasteiger partial charge is 0.306 e. The molecule has 4 fully saturated rings. The van der Waals surface area contributed by atoms with Crippen LogP contribution in [-0.2, 0) is 14.4 Å². The minimum absolute atomic E-state index is 0.148. The lowest BCUT2D eigenvalue weighted by Gasteiger charge is -2.59. The fourth-order valence-corrected chi connectivity index (χ4v) is 8.52. The van der Waals surface area contributed by atoms with Crippen LogP contribution < -0.4 is 0 Å². The summed E-state index contributed by atoms with van der Waals surface area (Å²) >= 11 is 0. The monoisotopic (exact) mass is 402 g/mol. The third-order valence-corrected chi connectivity index (χ3v) is 10.2. The molecule has 0 bridgehead atoms. The maximum Gasteiger partial charge on any atom is 0.306 e. The molecule has 0 aromatic heterocycles. The predicted octanol–water partition coefficient (Wildman–Crippen LogP) is 5.14. The van der Waals surface area contributed by atoms with Crippen LogP contribution in [0.1, 0.15) is 85.5 Å². The summed E-state index contributed by atoms with van der Waals surface area (Å²) in [6, 6.07) is 0. The van der Waals surface area contributed by atoms with Crippen LogP contribution in [0.2, 0.25) is 0 Å². The van der Waals surface area contributed by atoms with Crippen LogP contribution in [0, 0.1) is 52.3 Å². The molecule has 0 saturated heterocycles. The molecule has 0 aromatic carbocycles. The van der Waals surface area contributed by atoms with Gasteiger partial charge in [-0.15, -0.1) is 0 Å². The van der Waals surface area contributed by atoms with Gasteiger partial charge in [0.25, 0.3) is 0 Å². The van der Waals surface area contributed by atoms with Gasteiger partial charge in [-0.3, -0.25) is 14.4 Å². The molecule has 4 saturated carbocycles. The molecule has 0 radical (unpaired) electrons. The van der Waals surface area contributed by atoms with Gasteiger partial charge >= 0.3 is 5.97 Å². The van der Waals surface area contributed by atoms with Crippen LogP contribution in [0.5, 0.6) is 0 Å². The number of carbonyl (C=O) groups excluding carboxylic acids is 2. The lowest BCUT2D eigenvalue weighted by Crippen LogP contribution is -2.57. The number of hydrogen-bond acceptors (Lipinski definition) is 3. The Bertz CT molecular complexity index is 714. The summed E-state index contributed by atoms with van der Waals surface area (Å²) in [6.45, 7) is 8.83. The largest absolute Gasteiger partial charge is 0.481 e. The maximum absolute atomic E-state index is 13.4. The van der Waals surface area contributed by atoms with E-state index in [9.17, 15) is 19.5 Å². The van der Waals surface area contributed by atoms with Crippen molar-refractivity contribution in [1.29, 1.82) is 0 Å². The number of carbonyl (C=O) groups is 3. The topological polar surface area (TPSA) is 71.4 Å². The number of ketones is 2. The first-order valence-corrected chi connectivity index (χ1v) is 11.8. The lowest BCUT2D eigenvalue weighted by atomic mass is 9.44. The fourth-order valence-electron chi connectivity index (χ4n) is 8.52. The van der Waals surface area contributed by atoms with E-state index in [0.717, 1.165) is 38.5 Å². The zero-order valence-electron chi connectivity index (χ0n) is 18.6. The van der Waals surface area contributed by atoms with E-state index in [1.54, 1.807) is 0 Å². The van der Waals surface area contributed by atoms with Gasteiger partial charge in [0.1, 0.15) is 11.6 Å². The van der Waals surface area contributed by atoms with E-state index in [2.05, 4.69) is 20.8 Å². The Morgan fingerprint density at radius 3 is 2.41 bits per heavy atom. The molecule has 0 unspecified atom stereocenters. The van der Waals surface area contributed by atoms with Crippen LogP contribution in [0.15, 0.2) is 0 Å². The number of fused-ring (bicyclic) bond motifs is 5. The van der Waals surface area contributed by atoms with Crippen LogP contribution in [0.25, 0.3) is 0 Å². The molecule has 0 spiro atoms. The highest BCUT2D eigenvalue weighted by atomic mass is 16.4. The third-order valence-electron chi connectivity index (χ3n) is 10.2. The average molecular weight is 403 g/mol. The first kappa shape index (κ1) is 21.1. The van der Waals surface area contributed by atoms with Crippen molar-refractivity contribution in [2.45, 2.75) is 85.5 Å². The van der Waals surface area contributed by atoms with E-state index < -0.39 is 5.97 Å². The van der Waals surface area contributed by atoms with Crippen LogP contribution in [0.3, 0.4) is 0 Å². The molecule has 4 rings (SSSR count).